The number of halogens is 1. The van der Waals surface area contributed by atoms with Crippen molar-refractivity contribution in [1.29, 1.82) is 5.26 Å². The minimum atomic E-state index is -0.175. The lowest BCUT2D eigenvalue weighted by Gasteiger charge is -1.83. The Hall–Kier alpha value is -0.600. The third kappa shape index (κ3) is 1.28. The Labute approximate surface area is 69.4 Å². The molecule has 1 N–H and O–H groups in total. The molecule has 0 aliphatic rings. The Balaban J connectivity index is 3.25. The first kappa shape index (κ1) is 7.51. The second-order valence-corrected chi connectivity index (χ2v) is 3.11. The Morgan fingerprint density at radius 2 is 2.50 bits per heavy atom. The average Bonchev–Trinajstić information content (AvgIpc) is 2.30. The number of aromatic nitrogens is 1. The van der Waals surface area contributed by atoms with Crippen molar-refractivity contribution in [2.75, 3.05) is 0 Å². The Kier molecular flexibility index (Phi) is 2.25. The summed E-state index contributed by atoms with van der Waals surface area (Å²) in [6, 6.07) is 1.92. The van der Waals surface area contributed by atoms with Gasteiger partial charge < -0.3 is 4.98 Å². The Bertz CT molecular complexity index is 321. The largest absolute Gasteiger partial charge is 0.314 e. The van der Waals surface area contributed by atoms with Crippen molar-refractivity contribution in [3.8, 4) is 6.07 Å². The number of nitrogens with zero attached hydrogens (tertiary/aromatic N) is 1. The van der Waals surface area contributed by atoms with Gasteiger partial charge in [0.2, 0.25) is 0 Å². The van der Waals surface area contributed by atoms with E-state index in [1.807, 2.05) is 6.07 Å². The Morgan fingerprint density at radius 3 is 2.90 bits per heavy atom. The van der Waals surface area contributed by atoms with Crippen LogP contribution in [0.15, 0.2) is 4.79 Å². The fraction of sp³-hybridized carbons (Fsp3) is 0.200. The number of thiazole rings is 1. The van der Waals surface area contributed by atoms with E-state index < -0.39 is 0 Å². The zero-order chi connectivity index (χ0) is 7.56. The molecule has 10 heavy (non-hydrogen) atoms. The minimum absolute atomic E-state index is 0.175. The first-order valence-corrected chi connectivity index (χ1v) is 4.39. The van der Waals surface area contributed by atoms with E-state index in [4.69, 9.17) is 5.26 Å². The average molecular weight is 219 g/mol. The van der Waals surface area contributed by atoms with Crippen molar-refractivity contribution in [3.63, 3.8) is 0 Å². The first-order valence-electron chi connectivity index (χ1n) is 2.46. The van der Waals surface area contributed by atoms with Crippen LogP contribution in [0.2, 0.25) is 0 Å². The monoisotopic (exact) mass is 218 g/mol. The first-order chi connectivity index (χ1) is 4.77. The highest BCUT2D eigenvalue weighted by Crippen LogP contribution is 2.09. The maximum atomic E-state index is 10.6. The second-order valence-electron chi connectivity index (χ2n) is 1.57. The predicted molar refractivity (Wildman–Crippen MR) is 42.3 cm³/mol. The molecule has 0 saturated carbocycles. The van der Waals surface area contributed by atoms with E-state index in [0.29, 0.717) is 15.9 Å². The standard InChI is InChI=1S/C5H3BrN2OS/c6-1-3-4(2-7)10-5(9)8-3/h1H2,(H,8,9). The summed E-state index contributed by atoms with van der Waals surface area (Å²) in [5, 5.41) is 8.97. The molecular weight excluding hydrogens is 216 g/mol. The molecule has 0 aliphatic carbocycles. The smallest absolute Gasteiger partial charge is 0.305 e. The molecule has 1 heterocycles. The highest BCUT2D eigenvalue weighted by Gasteiger charge is 2.03. The van der Waals surface area contributed by atoms with E-state index in [0.717, 1.165) is 11.3 Å². The van der Waals surface area contributed by atoms with Crippen molar-refractivity contribution >= 4 is 27.3 Å². The molecule has 0 spiro atoms. The number of hydrogen-bond acceptors (Lipinski definition) is 3. The van der Waals surface area contributed by atoms with Crippen molar-refractivity contribution in [2.45, 2.75) is 5.33 Å². The van der Waals surface area contributed by atoms with Gasteiger partial charge in [-0.2, -0.15) is 5.26 Å². The number of alkyl halides is 1. The van der Waals surface area contributed by atoms with E-state index in [-0.39, 0.29) is 4.87 Å². The molecule has 0 amide bonds. The zero-order valence-corrected chi connectivity index (χ0v) is 7.25. The van der Waals surface area contributed by atoms with Crippen LogP contribution < -0.4 is 4.87 Å². The fourth-order valence-corrected chi connectivity index (χ4v) is 1.80. The molecule has 0 unspecified atom stereocenters. The maximum absolute atomic E-state index is 10.6. The summed E-state index contributed by atoms with van der Waals surface area (Å²) >= 11 is 4.08. The maximum Gasteiger partial charge on any atom is 0.305 e. The molecule has 1 aromatic heterocycles. The molecule has 1 rings (SSSR count). The topological polar surface area (TPSA) is 56.6 Å². The van der Waals surface area contributed by atoms with Gasteiger partial charge in [-0.05, 0) is 0 Å². The number of nitrogens with one attached hydrogen (secondary N) is 1. The molecule has 0 saturated heterocycles. The van der Waals surface area contributed by atoms with Crippen LogP contribution in [-0.2, 0) is 5.33 Å². The summed E-state index contributed by atoms with van der Waals surface area (Å²) in [5.41, 5.74) is 0.664. The summed E-state index contributed by atoms with van der Waals surface area (Å²) in [7, 11) is 0. The number of aromatic amines is 1. The van der Waals surface area contributed by atoms with Gasteiger partial charge in [0, 0.05) is 5.33 Å². The molecule has 0 aromatic carbocycles. The minimum Gasteiger partial charge on any atom is -0.314 e. The van der Waals surface area contributed by atoms with Crippen molar-refractivity contribution in [1.82, 2.24) is 4.98 Å². The van der Waals surface area contributed by atoms with E-state index in [2.05, 4.69) is 20.9 Å². The Morgan fingerprint density at radius 1 is 1.80 bits per heavy atom. The molecule has 52 valence electrons. The summed E-state index contributed by atoms with van der Waals surface area (Å²) in [5.74, 6) is 0. The summed E-state index contributed by atoms with van der Waals surface area (Å²) < 4.78 is 0. The molecule has 1 aromatic rings. The normalized spacial score (nSPS) is 9.20. The summed E-state index contributed by atoms with van der Waals surface area (Å²) in [6.07, 6.45) is 0. The molecule has 5 heteroatoms. The van der Waals surface area contributed by atoms with Crippen LogP contribution in [0.3, 0.4) is 0 Å². The molecule has 0 atom stereocenters. The van der Waals surface area contributed by atoms with Gasteiger partial charge in [0.1, 0.15) is 10.9 Å². The zero-order valence-electron chi connectivity index (χ0n) is 4.85. The quantitative estimate of drug-likeness (QED) is 0.721. The summed E-state index contributed by atoms with van der Waals surface area (Å²) in [4.78, 5) is 13.4. The van der Waals surface area contributed by atoms with Gasteiger partial charge >= 0.3 is 4.87 Å². The van der Waals surface area contributed by atoms with Crippen LogP contribution in [-0.4, -0.2) is 4.98 Å². The van der Waals surface area contributed by atoms with Crippen LogP contribution in [0.5, 0.6) is 0 Å². The van der Waals surface area contributed by atoms with E-state index in [1.54, 1.807) is 0 Å². The second kappa shape index (κ2) is 2.99. The summed E-state index contributed by atoms with van der Waals surface area (Å²) in [6.45, 7) is 0. The number of nitriles is 1. The SMILES string of the molecule is N#Cc1sc(=O)[nH]c1CBr. The van der Waals surface area contributed by atoms with E-state index in [1.165, 1.54) is 0 Å². The molecular formula is C5H3BrN2OS. The number of rotatable bonds is 1. The van der Waals surface area contributed by atoms with Gasteiger partial charge in [0.15, 0.2) is 0 Å². The molecule has 3 nitrogen and oxygen atoms in total. The lowest BCUT2D eigenvalue weighted by molar-refractivity contribution is 1.19. The molecule has 0 fully saturated rings. The van der Waals surface area contributed by atoms with E-state index >= 15 is 0 Å². The van der Waals surface area contributed by atoms with E-state index in [9.17, 15) is 4.79 Å². The van der Waals surface area contributed by atoms with Gasteiger partial charge in [-0.1, -0.05) is 27.3 Å². The van der Waals surface area contributed by atoms with Crippen LogP contribution in [0, 0.1) is 11.3 Å². The van der Waals surface area contributed by atoms with Crippen molar-refractivity contribution < 1.29 is 0 Å². The van der Waals surface area contributed by atoms with Gasteiger partial charge in [0.05, 0.1) is 5.69 Å². The van der Waals surface area contributed by atoms with Crippen LogP contribution in [0.1, 0.15) is 10.6 Å². The highest BCUT2D eigenvalue weighted by atomic mass is 79.9. The van der Waals surface area contributed by atoms with Gasteiger partial charge in [-0.15, -0.1) is 0 Å². The fourth-order valence-electron chi connectivity index (χ4n) is 0.544. The van der Waals surface area contributed by atoms with Gasteiger partial charge in [-0.25, -0.2) is 0 Å². The third-order valence-corrected chi connectivity index (χ3v) is 2.35. The molecule has 0 radical (unpaired) electrons. The lowest BCUT2D eigenvalue weighted by atomic mass is 10.4. The predicted octanol–water partition coefficient (Wildman–Crippen LogP) is 1.20. The number of hydrogen-bond donors (Lipinski definition) is 1. The molecule has 0 bridgehead atoms. The molecule has 0 aliphatic heterocycles. The van der Waals surface area contributed by atoms with Gasteiger partial charge in [-0.3, -0.25) is 4.79 Å². The van der Waals surface area contributed by atoms with Crippen LogP contribution >= 0.6 is 27.3 Å². The van der Waals surface area contributed by atoms with Gasteiger partial charge in [0.25, 0.3) is 0 Å². The highest BCUT2D eigenvalue weighted by molar-refractivity contribution is 9.08. The number of H-pyrrole nitrogens is 1. The lowest BCUT2D eigenvalue weighted by Crippen LogP contribution is -1.92. The van der Waals surface area contributed by atoms with Crippen LogP contribution in [0.4, 0.5) is 0 Å². The third-order valence-electron chi connectivity index (χ3n) is 0.957. The van der Waals surface area contributed by atoms with Crippen molar-refractivity contribution in [2.24, 2.45) is 0 Å². The van der Waals surface area contributed by atoms with Crippen LogP contribution in [0.25, 0.3) is 0 Å². The van der Waals surface area contributed by atoms with Crippen molar-refractivity contribution in [3.05, 3.63) is 20.2 Å².